The highest BCUT2D eigenvalue weighted by Gasteiger charge is 2.24. The number of rotatable bonds is 4. The van der Waals surface area contributed by atoms with Crippen molar-refractivity contribution in [1.29, 1.82) is 0 Å². The van der Waals surface area contributed by atoms with Crippen LogP contribution in [0.15, 0.2) is 24.3 Å². The van der Waals surface area contributed by atoms with Gasteiger partial charge in [0.2, 0.25) is 0 Å². The van der Waals surface area contributed by atoms with Gasteiger partial charge in [-0.05, 0) is 51.0 Å². The lowest BCUT2D eigenvalue weighted by molar-refractivity contribution is 0.0930. The van der Waals surface area contributed by atoms with Gasteiger partial charge in [0.05, 0.1) is 18.4 Å². The van der Waals surface area contributed by atoms with E-state index in [1.165, 1.54) is 5.69 Å². The molecule has 134 valence electrons. The molecule has 1 fully saturated rings. The zero-order chi connectivity index (χ0) is 18.0. The van der Waals surface area contributed by atoms with E-state index in [1.54, 1.807) is 11.8 Å². The molecule has 0 unspecified atom stereocenters. The number of carbonyl (C=O) groups excluding carboxylic acids is 1. The maximum atomic E-state index is 12.6. The third-order valence-electron chi connectivity index (χ3n) is 5.00. The Hall–Kier alpha value is -2.50. The Kier molecular flexibility index (Phi) is 4.97. The molecule has 2 aromatic rings. The molecule has 0 spiro atoms. The first-order valence-corrected chi connectivity index (χ1v) is 8.69. The lowest BCUT2D eigenvalue weighted by Gasteiger charge is -2.34. The second-order valence-corrected chi connectivity index (χ2v) is 6.60. The average molecular weight is 342 g/mol. The number of aryl methyl sites for hydroxylation is 2. The SMILES string of the molecule is COc1ccc(N2CCC(NC(=O)c3c(C)nn(C)c3C)CC2)cc1. The van der Waals surface area contributed by atoms with Gasteiger partial charge in [0.15, 0.2) is 0 Å². The Morgan fingerprint density at radius 2 is 1.84 bits per heavy atom. The normalized spacial score (nSPS) is 15.3. The summed E-state index contributed by atoms with van der Waals surface area (Å²) in [5, 5.41) is 7.51. The molecular formula is C19H26N4O2. The number of methoxy groups -OCH3 is 1. The van der Waals surface area contributed by atoms with E-state index in [0.29, 0.717) is 5.56 Å². The number of aromatic nitrogens is 2. The van der Waals surface area contributed by atoms with E-state index in [-0.39, 0.29) is 11.9 Å². The molecule has 1 aliphatic heterocycles. The van der Waals surface area contributed by atoms with Crippen molar-refractivity contribution >= 4 is 11.6 Å². The van der Waals surface area contributed by atoms with Crippen LogP contribution in [0.4, 0.5) is 5.69 Å². The van der Waals surface area contributed by atoms with Crippen molar-refractivity contribution in [3.8, 4) is 5.75 Å². The first-order chi connectivity index (χ1) is 12.0. The largest absolute Gasteiger partial charge is 0.497 e. The summed E-state index contributed by atoms with van der Waals surface area (Å²) in [6, 6.07) is 8.34. The number of anilines is 1. The fourth-order valence-corrected chi connectivity index (χ4v) is 3.43. The minimum Gasteiger partial charge on any atom is -0.497 e. The lowest BCUT2D eigenvalue weighted by Crippen LogP contribution is -2.44. The van der Waals surface area contributed by atoms with Gasteiger partial charge in [-0.25, -0.2) is 0 Å². The molecule has 25 heavy (non-hydrogen) atoms. The molecule has 0 radical (unpaired) electrons. The van der Waals surface area contributed by atoms with E-state index in [9.17, 15) is 4.79 Å². The number of carbonyl (C=O) groups is 1. The summed E-state index contributed by atoms with van der Waals surface area (Å²) in [5.41, 5.74) is 3.60. The molecular weight excluding hydrogens is 316 g/mol. The number of amides is 1. The summed E-state index contributed by atoms with van der Waals surface area (Å²) in [7, 11) is 3.54. The molecule has 1 aromatic heterocycles. The Morgan fingerprint density at radius 1 is 1.20 bits per heavy atom. The highest BCUT2D eigenvalue weighted by atomic mass is 16.5. The quantitative estimate of drug-likeness (QED) is 0.927. The number of piperidine rings is 1. The van der Waals surface area contributed by atoms with Crippen LogP contribution in [0.25, 0.3) is 0 Å². The van der Waals surface area contributed by atoms with Crippen LogP contribution in [0, 0.1) is 13.8 Å². The summed E-state index contributed by atoms with van der Waals surface area (Å²) >= 11 is 0. The standard InChI is InChI=1S/C19H26N4O2/c1-13-18(14(2)22(3)21-13)19(24)20-15-9-11-23(12-10-15)16-5-7-17(25-4)8-6-16/h5-8,15H,9-12H2,1-4H3,(H,20,24). The number of hydrogen-bond acceptors (Lipinski definition) is 4. The topological polar surface area (TPSA) is 59.4 Å². The molecule has 3 rings (SSSR count). The highest BCUT2D eigenvalue weighted by Crippen LogP contribution is 2.23. The maximum absolute atomic E-state index is 12.6. The van der Waals surface area contributed by atoms with Crippen molar-refractivity contribution in [2.75, 3.05) is 25.1 Å². The summed E-state index contributed by atoms with van der Waals surface area (Å²) in [4.78, 5) is 14.9. The van der Waals surface area contributed by atoms with Crippen molar-refractivity contribution in [3.63, 3.8) is 0 Å². The first-order valence-electron chi connectivity index (χ1n) is 8.69. The van der Waals surface area contributed by atoms with Gasteiger partial charge in [0.1, 0.15) is 5.75 Å². The van der Waals surface area contributed by atoms with Crippen LogP contribution in [-0.2, 0) is 7.05 Å². The second kappa shape index (κ2) is 7.17. The molecule has 1 N–H and O–H groups in total. The number of hydrogen-bond donors (Lipinski definition) is 1. The van der Waals surface area contributed by atoms with Crippen molar-refractivity contribution in [2.45, 2.75) is 32.7 Å². The van der Waals surface area contributed by atoms with Crippen LogP contribution in [0.1, 0.15) is 34.6 Å². The molecule has 1 aliphatic rings. The summed E-state index contributed by atoms with van der Waals surface area (Å²) < 4.78 is 6.97. The predicted octanol–water partition coefficient (Wildman–Crippen LogP) is 2.44. The zero-order valence-corrected chi connectivity index (χ0v) is 15.4. The first kappa shape index (κ1) is 17.3. The summed E-state index contributed by atoms with van der Waals surface area (Å²) in [6.45, 7) is 5.68. The Morgan fingerprint density at radius 3 is 2.36 bits per heavy atom. The number of ether oxygens (including phenoxy) is 1. The number of nitrogens with zero attached hydrogens (tertiary/aromatic N) is 3. The Bertz CT molecular complexity index is 744. The van der Waals surface area contributed by atoms with Crippen molar-refractivity contribution < 1.29 is 9.53 Å². The van der Waals surface area contributed by atoms with Gasteiger partial charge in [0.25, 0.3) is 5.91 Å². The fraction of sp³-hybridized carbons (Fsp3) is 0.474. The molecule has 0 aliphatic carbocycles. The third kappa shape index (κ3) is 3.62. The van der Waals surface area contributed by atoms with Crippen LogP contribution in [-0.4, -0.2) is 41.9 Å². The predicted molar refractivity (Wildman–Crippen MR) is 98.4 cm³/mol. The molecule has 6 nitrogen and oxygen atoms in total. The number of nitrogens with one attached hydrogen (secondary N) is 1. The zero-order valence-electron chi connectivity index (χ0n) is 15.4. The van der Waals surface area contributed by atoms with Gasteiger partial charge in [-0.3, -0.25) is 9.48 Å². The Labute approximate surface area is 148 Å². The molecule has 6 heteroatoms. The monoisotopic (exact) mass is 342 g/mol. The van der Waals surface area contributed by atoms with Crippen molar-refractivity contribution in [2.24, 2.45) is 7.05 Å². The molecule has 0 saturated carbocycles. The lowest BCUT2D eigenvalue weighted by atomic mass is 10.0. The minimum absolute atomic E-state index is 0.00834. The maximum Gasteiger partial charge on any atom is 0.255 e. The van der Waals surface area contributed by atoms with Gasteiger partial charge >= 0.3 is 0 Å². The second-order valence-electron chi connectivity index (χ2n) is 6.60. The molecule has 1 amide bonds. The number of benzene rings is 1. The highest BCUT2D eigenvalue weighted by molar-refractivity contribution is 5.96. The van der Waals surface area contributed by atoms with E-state index in [0.717, 1.165) is 43.1 Å². The van der Waals surface area contributed by atoms with Crippen molar-refractivity contribution in [3.05, 3.63) is 41.2 Å². The van der Waals surface area contributed by atoms with E-state index in [2.05, 4.69) is 27.4 Å². The van der Waals surface area contributed by atoms with E-state index >= 15 is 0 Å². The van der Waals surface area contributed by atoms with Crippen LogP contribution in [0.3, 0.4) is 0 Å². The molecule has 1 aromatic carbocycles. The van der Waals surface area contributed by atoms with E-state index in [4.69, 9.17) is 4.74 Å². The van der Waals surface area contributed by atoms with Gasteiger partial charge < -0.3 is 15.0 Å². The van der Waals surface area contributed by atoms with Gasteiger partial charge in [-0.2, -0.15) is 5.10 Å². The summed E-state index contributed by atoms with van der Waals surface area (Å²) in [5.74, 6) is 0.860. The van der Waals surface area contributed by atoms with Crippen LogP contribution < -0.4 is 15.0 Å². The van der Waals surface area contributed by atoms with Crippen LogP contribution >= 0.6 is 0 Å². The molecule has 0 bridgehead atoms. The van der Waals surface area contributed by atoms with Crippen LogP contribution in [0.5, 0.6) is 5.75 Å². The third-order valence-corrected chi connectivity index (χ3v) is 5.00. The van der Waals surface area contributed by atoms with Crippen molar-refractivity contribution in [1.82, 2.24) is 15.1 Å². The van der Waals surface area contributed by atoms with Gasteiger partial charge in [0, 0.05) is 37.6 Å². The molecule has 0 atom stereocenters. The van der Waals surface area contributed by atoms with E-state index < -0.39 is 0 Å². The molecule has 2 heterocycles. The van der Waals surface area contributed by atoms with Gasteiger partial charge in [-0.15, -0.1) is 0 Å². The summed E-state index contributed by atoms with van der Waals surface area (Å²) in [6.07, 6.45) is 1.88. The molecule has 1 saturated heterocycles. The average Bonchev–Trinajstić information content (AvgIpc) is 2.88. The Balaban J connectivity index is 1.58. The minimum atomic E-state index is -0.00834. The van der Waals surface area contributed by atoms with E-state index in [1.807, 2.05) is 33.0 Å². The smallest absolute Gasteiger partial charge is 0.255 e. The van der Waals surface area contributed by atoms with Gasteiger partial charge in [-0.1, -0.05) is 0 Å². The van der Waals surface area contributed by atoms with Crippen LogP contribution in [0.2, 0.25) is 0 Å². The fourth-order valence-electron chi connectivity index (χ4n) is 3.43.